The summed E-state index contributed by atoms with van der Waals surface area (Å²) in [5.41, 5.74) is 0.201. The third-order valence-electron chi connectivity index (χ3n) is 5.33. The summed E-state index contributed by atoms with van der Waals surface area (Å²) in [7, 11) is 4.42. The topological polar surface area (TPSA) is 87.2 Å². The van der Waals surface area contributed by atoms with Crippen molar-refractivity contribution < 1.29 is 28.5 Å². The minimum Gasteiger partial charge on any atom is -0.493 e. The number of esters is 1. The number of nitrogens with zero attached hydrogens (tertiary/aromatic N) is 2. The zero-order valence-electron chi connectivity index (χ0n) is 18.3. The van der Waals surface area contributed by atoms with Crippen molar-refractivity contribution in [1.82, 2.24) is 4.98 Å². The molecule has 1 amide bonds. The van der Waals surface area contributed by atoms with Crippen molar-refractivity contribution in [3.63, 3.8) is 0 Å². The van der Waals surface area contributed by atoms with E-state index in [1.807, 2.05) is 5.38 Å². The van der Waals surface area contributed by atoms with Gasteiger partial charge in [0.25, 0.3) is 5.91 Å². The van der Waals surface area contributed by atoms with Gasteiger partial charge in [-0.25, -0.2) is 9.78 Å². The Balaban J connectivity index is 1.80. The normalized spacial score (nSPS) is 15.1. The number of thiazole rings is 1. The maximum absolute atomic E-state index is 13.3. The van der Waals surface area contributed by atoms with Gasteiger partial charge in [0.15, 0.2) is 22.7 Å². The Morgan fingerprint density at radius 3 is 2.23 bits per heavy atom. The smallest absolute Gasteiger partial charge is 0.339 e. The molecule has 0 bridgehead atoms. The lowest BCUT2D eigenvalue weighted by Gasteiger charge is -2.33. The van der Waals surface area contributed by atoms with Gasteiger partial charge in [0.05, 0.1) is 26.9 Å². The van der Waals surface area contributed by atoms with Crippen LogP contribution in [0.5, 0.6) is 17.2 Å². The van der Waals surface area contributed by atoms with Crippen LogP contribution in [-0.4, -0.2) is 50.3 Å². The van der Waals surface area contributed by atoms with E-state index in [9.17, 15) is 9.59 Å². The molecular weight excluding hydrogens is 420 g/mol. The zero-order valence-corrected chi connectivity index (χ0v) is 19.1. The second kappa shape index (κ2) is 10.5. The van der Waals surface area contributed by atoms with Crippen molar-refractivity contribution in [2.45, 2.75) is 51.2 Å². The molecule has 1 unspecified atom stereocenters. The number of hydrogen-bond acceptors (Lipinski definition) is 8. The molecule has 1 aromatic heterocycles. The maximum Gasteiger partial charge on any atom is 0.339 e. The summed E-state index contributed by atoms with van der Waals surface area (Å²) in [6, 6.07) is 3.07. The minimum atomic E-state index is -0.975. The largest absolute Gasteiger partial charge is 0.493 e. The van der Waals surface area contributed by atoms with Crippen LogP contribution in [0.15, 0.2) is 23.7 Å². The molecule has 8 nitrogen and oxygen atoms in total. The minimum absolute atomic E-state index is 0.0646. The Hall–Kier alpha value is -2.81. The third kappa shape index (κ3) is 5.10. The van der Waals surface area contributed by atoms with E-state index in [-0.39, 0.29) is 17.5 Å². The molecule has 0 N–H and O–H groups in total. The van der Waals surface area contributed by atoms with E-state index in [0.29, 0.717) is 22.4 Å². The fraction of sp³-hybridized carbons (Fsp3) is 0.500. The van der Waals surface area contributed by atoms with Crippen molar-refractivity contribution in [2.75, 3.05) is 26.2 Å². The number of aromatic nitrogens is 1. The Labute approximate surface area is 186 Å². The van der Waals surface area contributed by atoms with Gasteiger partial charge in [-0.05, 0) is 31.9 Å². The van der Waals surface area contributed by atoms with Gasteiger partial charge in [0, 0.05) is 17.6 Å². The van der Waals surface area contributed by atoms with E-state index in [2.05, 4.69) is 4.98 Å². The van der Waals surface area contributed by atoms with Crippen LogP contribution in [0.4, 0.5) is 5.13 Å². The van der Waals surface area contributed by atoms with Crippen molar-refractivity contribution in [3.05, 3.63) is 29.3 Å². The van der Waals surface area contributed by atoms with Crippen molar-refractivity contribution >= 4 is 28.3 Å². The summed E-state index contributed by atoms with van der Waals surface area (Å²) in [5.74, 6) is 0.113. The van der Waals surface area contributed by atoms with Crippen molar-refractivity contribution in [2.24, 2.45) is 0 Å². The number of benzene rings is 1. The molecule has 1 aliphatic carbocycles. The third-order valence-corrected chi connectivity index (χ3v) is 6.11. The van der Waals surface area contributed by atoms with Gasteiger partial charge in [-0.3, -0.25) is 9.69 Å². The van der Waals surface area contributed by atoms with Crippen LogP contribution < -0.4 is 19.1 Å². The highest BCUT2D eigenvalue weighted by atomic mass is 32.1. The second-order valence-corrected chi connectivity index (χ2v) is 8.15. The SMILES string of the molecule is COc1cc(C(=O)OC(C)C(=O)N(c2nccs2)C2CCCCC2)cc(OC)c1OC. The molecule has 1 fully saturated rings. The first-order chi connectivity index (χ1) is 15.0. The van der Waals surface area contributed by atoms with Gasteiger partial charge < -0.3 is 18.9 Å². The predicted octanol–water partition coefficient (Wildman–Crippen LogP) is 4.08. The molecule has 0 saturated heterocycles. The second-order valence-electron chi connectivity index (χ2n) is 7.28. The van der Waals surface area contributed by atoms with Gasteiger partial charge in [-0.1, -0.05) is 19.3 Å². The fourth-order valence-electron chi connectivity index (χ4n) is 3.78. The van der Waals surface area contributed by atoms with Crippen LogP contribution in [0, 0.1) is 0 Å². The molecule has 0 spiro atoms. The summed E-state index contributed by atoms with van der Waals surface area (Å²) in [4.78, 5) is 32.2. The number of rotatable bonds is 8. The molecular formula is C22H28N2O6S. The lowest BCUT2D eigenvalue weighted by Crippen LogP contribution is -2.47. The Bertz CT molecular complexity index is 870. The predicted molar refractivity (Wildman–Crippen MR) is 117 cm³/mol. The van der Waals surface area contributed by atoms with Gasteiger partial charge >= 0.3 is 5.97 Å². The number of carbonyl (C=O) groups excluding carboxylic acids is 2. The van der Waals surface area contributed by atoms with Crippen LogP contribution >= 0.6 is 11.3 Å². The summed E-state index contributed by atoms with van der Waals surface area (Å²) >= 11 is 1.41. The maximum atomic E-state index is 13.3. The first kappa shape index (κ1) is 22.9. The van der Waals surface area contributed by atoms with Crippen LogP contribution in [0.1, 0.15) is 49.4 Å². The summed E-state index contributed by atoms with van der Waals surface area (Å²) in [6.45, 7) is 1.58. The summed E-state index contributed by atoms with van der Waals surface area (Å²) in [6.07, 6.45) is 5.84. The van der Waals surface area contributed by atoms with Gasteiger partial charge in [0.1, 0.15) is 0 Å². The number of amides is 1. The molecule has 2 aromatic rings. The van der Waals surface area contributed by atoms with E-state index in [4.69, 9.17) is 18.9 Å². The number of methoxy groups -OCH3 is 3. The molecule has 1 heterocycles. The molecule has 1 atom stereocenters. The Morgan fingerprint density at radius 1 is 1.06 bits per heavy atom. The zero-order chi connectivity index (χ0) is 22.4. The van der Waals surface area contributed by atoms with Crippen LogP contribution in [0.25, 0.3) is 0 Å². The fourth-order valence-corrected chi connectivity index (χ4v) is 4.50. The molecule has 1 aliphatic rings. The lowest BCUT2D eigenvalue weighted by molar-refractivity contribution is -0.127. The van der Waals surface area contributed by atoms with Gasteiger partial charge in [-0.15, -0.1) is 11.3 Å². The van der Waals surface area contributed by atoms with Crippen LogP contribution in [0.2, 0.25) is 0 Å². The highest BCUT2D eigenvalue weighted by Gasteiger charge is 2.33. The Kier molecular flexibility index (Phi) is 7.73. The average molecular weight is 449 g/mol. The van der Waals surface area contributed by atoms with Crippen molar-refractivity contribution in [1.29, 1.82) is 0 Å². The van der Waals surface area contributed by atoms with E-state index >= 15 is 0 Å². The first-order valence-electron chi connectivity index (χ1n) is 10.2. The molecule has 168 valence electrons. The molecule has 0 aliphatic heterocycles. The molecule has 31 heavy (non-hydrogen) atoms. The highest BCUT2D eigenvalue weighted by molar-refractivity contribution is 7.13. The lowest BCUT2D eigenvalue weighted by atomic mass is 9.94. The van der Waals surface area contributed by atoms with Crippen LogP contribution in [0.3, 0.4) is 0 Å². The molecule has 1 aromatic carbocycles. The standard InChI is InChI=1S/C22H28N2O6S/c1-14(20(25)24(22-23-10-11-31-22)16-8-6-5-7-9-16)30-21(26)15-12-17(27-2)19(29-4)18(13-15)28-3/h10-14,16H,5-9H2,1-4H3. The van der Waals surface area contributed by atoms with E-state index in [1.54, 1.807) is 18.0 Å². The number of anilines is 1. The quantitative estimate of drug-likeness (QED) is 0.562. The van der Waals surface area contributed by atoms with Crippen LogP contribution in [-0.2, 0) is 9.53 Å². The molecule has 1 saturated carbocycles. The average Bonchev–Trinajstić information content (AvgIpc) is 3.32. The van der Waals surface area contributed by atoms with E-state index in [1.165, 1.54) is 51.2 Å². The molecule has 3 rings (SSSR count). The summed E-state index contributed by atoms with van der Waals surface area (Å²) in [5, 5.41) is 2.47. The Morgan fingerprint density at radius 2 is 1.71 bits per heavy atom. The van der Waals surface area contributed by atoms with Crippen molar-refractivity contribution in [3.8, 4) is 17.2 Å². The summed E-state index contributed by atoms with van der Waals surface area (Å²) < 4.78 is 21.4. The van der Waals surface area contributed by atoms with E-state index in [0.717, 1.165) is 25.7 Å². The monoisotopic (exact) mass is 448 g/mol. The number of ether oxygens (including phenoxy) is 4. The van der Waals surface area contributed by atoms with Gasteiger partial charge in [0.2, 0.25) is 5.75 Å². The van der Waals surface area contributed by atoms with E-state index < -0.39 is 12.1 Å². The highest BCUT2D eigenvalue weighted by Crippen LogP contribution is 2.38. The molecule has 0 radical (unpaired) electrons. The molecule has 9 heteroatoms. The van der Waals surface area contributed by atoms with Gasteiger partial charge in [-0.2, -0.15) is 0 Å². The number of hydrogen-bond donors (Lipinski definition) is 0. The number of carbonyl (C=O) groups is 2. The first-order valence-corrected chi connectivity index (χ1v) is 11.1.